The summed E-state index contributed by atoms with van der Waals surface area (Å²) >= 11 is 0. The fraction of sp³-hybridized carbons (Fsp3) is 0.250. The van der Waals surface area contributed by atoms with Crippen LogP contribution >= 0.6 is 21.6 Å². The van der Waals surface area contributed by atoms with Gasteiger partial charge in [0, 0.05) is 63.2 Å². The van der Waals surface area contributed by atoms with Crippen LogP contribution in [0.25, 0.3) is 66.8 Å². The van der Waals surface area contributed by atoms with Crippen LogP contribution in [0.1, 0.15) is 76.1 Å². The number of benzene rings is 6. The molecular weight excluding hydrogens is 925 g/mol. The number of rotatable bonds is 18. The van der Waals surface area contributed by atoms with Gasteiger partial charge in [0.05, 0.1) is 46.9 Å². The summed E-state index contributed by atoms with van der Waals surface area (Å²) in [6.45, 7) is 12.7. The zero-order valence-electron chi connectivity index (χ0n) is 39.7. The number of carbonyl (C=O) groups is 4. The normalized spacial score (nSPS) is 11.6. The summed E-state index contributed by atoms with van der Waals surface area (Å²) in [6, 6.07) is 36.6. The molecule has 8 rings (SSSR count). The van der Waals surface area contributed by atoms with Gasteiger partial charge in [-0.2, -0.15) is 0 Å². The van der Waals surface area contributed by atoms with E-state index in [0.717, 1.165) is 40.5 Å². The Hall–Kier alpha value is -7.16. The number of carbonyl (C=O) groups excluding carboxylic acids is 4. The Morgan fingerprint density at radius 1 is 0.514 bits per heavy atom. The van der Waals surface area contributed by atoms with Gasteiger partial charge in [-0.15, -0.1) is 0 Å². The first-order chi connectivity index (χ1) is 34.2. The average Bonchev–Trinajstić information content (AvgIpc) is 3.38. The van der Waals surface area contributed by atoms with Gasteiger partial charge in [0.1, 0.15) is 49.0 Å². The summed E-state index contributed by atoms with van der Waals surface area (Å²) in [5, 5.41) is 3.07. The van der Waals surface area contributed by atoms with Gasteiger partial charge >= 0.3 is 23.9 Å². The van der Waals surface area contributed by atoms with Gasteiger partial charge in [-0.1, -0.05) is 58.0 Å². The van der Waals surface area contributed by atoms with E-state index in [-0.39, 0.29) is 26.4 Å². The van der Waals surface area contributed by atoms with Crippen molar-refractivity contribution < 1.29 is 47.0 Å². The van der Waals surface area contributed by atoms with Crippen molar-refractivity contribution in [2.45, 2.75) is 34.6 Å². The van der Waals surface area contributed by atoms with E-state index in [1.807, 2.05) is 67.6 Å². The lowest BCUT2D eigenvalue weighted by molar-refractivity contribution is 0.0517. The highest BCUT2D eigenvalue weighted by Gasteiger charge is 2.26. The van der Waals surface area contributed by atoms with E-state index in [4.69, 9.17) is 27.8 Å². The van der Waals surface area contributed by atoms with E-state index in [1.165, 1.54) is 21.6 Å². The topological polar surface area (TPSA) is 147 Å². The highest BCUT2D eigenvalue weighted by molar-refractivity contribution is 8.76. The molecular formula is C56H53N2O10S2+. The molecule has 0 unspecified atom stereocenters. The van der Waals surface area contributed by atoms with Crippen LogP contribution in [-0.4, -0.2) is 81.4 Å². The first-order valence-electron chi connectivity index (χ1n) is 23.4. The second-order valence-electron chi connectivity index (χ2n) is 15.8. The number of esters is 4. The van der Waals surface area contributed by atoms with Crippen LogP contribution < -0.4 is 15.3 Å². The fourth-order valence-corrected chi connectivity index (χ4v) is 10.1. The standard InChI is InChI=1S/C56H53N2O10S2/c1-6-57-37-21-23-43-49(33-37)67-47-25-19-35(53(59)63-9-4)31-45(47)51(43)39-15-11-13-17-41(39)55(61)65-27-29-69-70-30-28-66-56(62)42-18-14-12-16-40(42)52-44-24-22-38(58(7-2)8-3)34-50(44)68-48-26-20-36(32-46(48)52)54(60)64-10-5/h11-26,31-34H,6-10,27-30H2,1-5H3/q+1/b57-37+. The largest absolute Gasteiger partial charge is 0.462 e. The van der Waals surface area contributed by atoms with E-state index in [9.17, 15) is 19.2 Å². The minimum Gasteiger partial charge on any atom is -0.462 e. The van der Waals surface area contributed by atoms with Crippen LogP contribution in [0, 0.1) is 0 Å². The Morgan fingerprint density at radius 3 is 1.49 bits per heavy atom. The molecule has 0 aromatic heterocycles. The molecule has 0 fully saturated rings. The van der Waals surface area contributed by atoms with Crippen LogP contribution in [0.4, 0.5) is 0 Å². The van der Waals surface area contributed by atoms with Crippen molar-refractivity contribution in [1.82, 2.24) is 4.58 Å². The van der Waals surface area contributed by atoms with E-state index in [1.54, 1.807) is 74.5 Å². The second kappa shape index (κ2) is 23.0. The Kier molecular flexibility index (Phi) is 16.2. The van der Waals surface area contributed by atoms with E-state index in [0.29, 0.717) is 90.5 Å². The quantitative estimate of drug-likeness (QED) is 0.0201. The van der Waals surface area contributed by atoms with Crippen molar-refractivity contribution in [2.24, 2.45) is 4.99 Å². The molecule has 0 N–H and O–H groups in total. The van der Waals surface area contributed by atoms with Crippen molar-refractivity contribution >= 4 is 67.4 Å². The molecule has 358 valence electrons. The Morgan fingerprint density at radius 2 is 1.00 bits per heavy atom. The third kappa shape index (κ3) is 10.7. The number of hydrogen-bond donors (Lipinski definition) is 0. The van der Waals surface area contributed by atoms with Crippen molar-refractivity contribution in [3.8, 4) is 44.9 Å². The molecule has 4 aromatic rings. The number of fused-ring (bicyclic) bond motifs is 4. The van der Waals surface area contributed by atoms with Crippen LogP contribution in [0.2, 0.25) is 0 Å². The maximum atomic E-state index is 13.9. The van der Waals surface area contributed by atoms with Crippen molar-refractivity contribution in [2.75, 3.05) is 57.6 Å². The minimum atomic E-state index is -0.496. The Labute approximate surface area is 413 Å². The maximum Gasteiger partial charge on any atom is 0.338 e. The molecule has 4 aromatic carbocycles. The van der Waals surface area contributed by atoms with Gasteiger partial charge in [0.15, 0.2) is 0 Å². The Bertz CT molecular complexity index is 3310. The first kappa shape index (κ1) is 49.3. The molecule has 2 heterocycles. The lowest BCUT2D eigenvalue weighted by Gasteiger charge is -2.18. The zero-order valence-corrected chi connectivity index (χ0v) is 41.3. The molecule has 2 aliphatic carbocycles. The summed E-state index contributed by atoms with van der Waals surface area (Å²) in [5.41, 5.74) is 6.79. The summed E-state index contributed by atoms with van der Waals surface area (Å²) in [4.78, 5) is 58.0. The van der Waals surface area contributed by atoms with Gasteiger partial charge in [-0.25, -0.2) is 23.8 Å². The molecule has 0 saturated carbocycles. The molecule has 0 saturated heterocycles. The van der Waals surface area contributed by atoms with Crippen molar-refractivity contribution in [3.05, 3.63) is 154 Å². The average molecular weight is 978 g/mol. The van der Waals surface area contributed by atoms with Gasteiger partial charge in [0.2, 0.25) is 5.36 Å². The summed E-state index contributed by atoms with van der Waals surface area (Å²) in [5.74, 6) is 0.303. The molecule has 2 aliphatic heterocycles. The van der Waals surface area contributed by atoms with Crippen LogP contribution in [0.5, 0.6) is 0 Å². The molecule has 12 nitrogen and oxygen atoms in total. The first-order valence-corrected chi connectivity index (χ1v) is 25.9. The fourth-order valence-electron chi connectivity index (χ4n) is 8.46. The molecule has 70 heavy (non-hydrogen) atoms. The monoisotopic (exact) mass is 977 g/mol. The predicted octanol–water partition coefficient (Wildman–Crippen LogP) is 11.2. The van der Waals surface area contributed by atoms with E-state index >= 15 is 0 Å². The predicted molar refractivity (Wildman–Crippen MR) is 276 cm³/mol. The molecule has 0 radical (unpaired) electrons. The highest BCUT2D eigenvalue weighted by Crippen LogP contribution is 2.43. The minimum absolute atomic E-state index is 0.137. The number of ether oxygens (including phenoxy) is 4. The van der Waals surface area contributed by atoms with Gasteiger partial charge < -0.3 is 27.8 Å². The number of hydrogen-bond acceptors (Lipinski definition) is 13. The summed E-state index contributed by atoms with van der Waals surface area (Å²) in [7, 11) is 3.01. The zero-order chi connectivity index (χ0) is 49.1. The molecule has 0 atom stereocenters. The summed E-state index contributed by atoms with van der Waals surface area (Å²) in [6.07, 6.45) is 0. The maximum absolute atomic E-state index is 13.9. The third-order valence-corrected chi connectivity index (χ3v) is 13.9. The lowest BCUT2D eigenvalue weighted by atomic mass is 9.90. The molecule has 0 spiro atoms. The van der Waals surface area contributed by atoms with Crippen molar-refractivity contribution in [3.63, 3.8) is 0 Å². The Balaban J connectivity index is 0.948. The van der Waals surface area contributed by atoms with E-state index < -0.39 is 23.9 Å². The van der Waals surface area contributed by atoms with Gasteiger partial charge in [-0.05, 0) is 112 Å². The SMILES string of the molecule is CC/N=c1\ccc2c(-c3ccccc3C(=O)OCCSSCCOC(=O)c3ccccc3-c3c4ccc(=[N+](CC)CC)cc-4oc4ccc(C(=O)OCC)cc34)c3cc(C(=O)OCC)ccc3oc-2c1. The second-order valence-corrected chi connectivity index (χ2v) is 18.5. The van der Waals surface area contributed by atoms with Crippen LogP contribution in [0.3, 0.4) is 0 Å². The third-order valence-electron chi connectivity index (χ3n) is 11.6. The van der Waals surface area contributed by atoms with E-state index in [2.05, 4.69) is 23.4 Å². The molecule has 0 amide bonds. The highest BCUT2D eigenvalue weighted by atomic mass is 33.1. The van der Waals surface area contributed by atoms with Crippen LogP contribution in [0.15, 0.2) is 135 Å². The lowest BCUT2D eigenvalue weighted by Crippen LogP contribution is -2.29. The van der Waals surface area contributed by atoms with Crippen LogP contribution in [-0.2, 0) is 18.9 Å². The molecule has 0 bridgehead atoms. The van der Waals surface area contributed by atoms with Crippen molar-refractivity contribution in [1.29, 1.82) is 0 Å². The molecule has 14 heteroatoms. The summed E-state index contributed by atoms with van der Waals surface area (Å²) < 4.78 is 37.4. The molecule has 4 aliphatic rings. The smallest absolute Gasteiger partial charge is 0.338 e. The van der Waals surface area contributed by atoms with Gasteiger partial charge in [0.25, 0.3) is 0 Å². The van der Waals surface area contributed by atoms with Gasteiger partial charge in [-0.3, -0.25) is 4.99 Å². The number of nitrogens with zero attached hydrogens (tertiary/aromatic N) is 2.